The van der Waals surface area contributed by atoms with Crippen LogP contribution in [-0.4, -0.2) is 39.1 Å². The van der Waals surface area contributed by atoms with Crippen LogP contribution in [-0.2, 0) is 12.8 Å². The Kier molecular flexibility index (Phi) is 5.67. The van der Waals surface area contributed by atoms with Crippen molar-refractivity contribution in [3.8, 4) is 11.3 Å². The molecule has 3 heterocycles. The summed E-state index contributed by atoms with van der Waals surface area (Å²) >= 11 is 0. The van der Waals surface area contributed by atoms with Gasteiger partial charge < -0.3 is 10.6 Å². The molecule has 2 aromatic heterocycles. The van der Waals surface area contributed by atoms with Crippen LogP contribution in [0.15, 0.2) is 66.7 Å². The quantitative estimate of drug-likeness (QED) is 0.452. The van der Waals surface area contributed by atoms with Gasteiger partial charge in [-0.25, -0.2) is 9.50 Å². The second-order valence-corrected chi connectivity index (χ2v) is 8.48. The number of hydrogen-bond donors (Lipinski definition) is 1. The molecular weight excluding hydrogens is 382 g/mol. The predicted octanol–water partition coefficient (Wildman–Crippen LogP) is 4.60. The Morgan fingerprint density at radius 1 is 0.871 bits per heavy atom. The number of nitrogens with two attached hydrogens (primary N) is 1. The van der Waals surface area contributed by atoms with E-state index in [0.29, 0.717) is 0 Å². The monoisotopic (exact) mass is 411 g/mol. The average Bonchev–Trinajstić information content (AvgIpc) is 3.44. The Morgan fingerprint density at radius 3 is 2.45 bits per heavy atom. The van der Waals surface area contributed by atoms with Crippen molar-refractivity contribution >= 4 is 11.3 Å². The third-order valence-corrected chi connectivity index (χ3v) is 6.11. The van der Waals surface area contributed by atoms with Crippen molar-refractivity contribution in [2.75, 3.05) is 25.4 Å². The first kappa shape index (κ1) is 19.8. The van der Waals surface area contributed by atoms with Gasteiger partial charge in [0.05, 0.1) is 5.69 Å². The molecule has 1 saturated heterocycles. The Balaban J connectivity index is 1.27. The molecule has 0 unspecified atom stereocenters. The van der Waals surface area contributed by atoms with E-state index >= 15 is 0 Å². The van der Waals surface area contributed by atoms with E-state index in [1.54, 1.807) is 0 Å². The van der Waals surface area contributed by atoms with Gasteiger partial charge in [0, 0.05) is 17.7 Å². The molecule has 0 aliphatic carbocycles. The van der Waals surface area contributed by atoms with E-state index in [0.717, 1.165) is 41.3 Å². The minimum atomic E-state index is 0.728. The highest BCUT2D eigenvalue weighted by Gasteiger charge is 2.11. The lowest BCUT2D eigenvalue weighted by Crippen LogP contribution is -2.20. The molecule has 5 nitrogen and oxygen atoms in total. The van der Waals surface area contributed by atoms with E-state index in [4.69, 9.17) is 15.8 Å². The molecule has 0 saturated carbocycles. The van der Waals surface area contributed by atoms with Gasteiger partial charge in [0.2, 0.25) is 0 Å². The van der Waals surface area contributed by atoms with Crippen molar-refractivity contribution in [3.05, 3.63) is 83.7 Å². The molecule has 1 aliphatic heterocycles. The average molecular weight is 412 g/mol. The minimum absolute atomic E-state index is 0.728. The number of nitrogens with zero attached hydrogens (tertiary/aromatic N) is 4. The second kappa shape index (κ2) is 8.90. The molecule has 1 aliphatic rings. The van der Waals surface area contributed by atoms with Crippen molar-refractivity contribution in [1.82, 2.24) is 19.5 Å². The number of nitrogen functional groups attached to an aromatic ring is 1. The highest BCUT2D eigenvalue weighted by Crippen LogP contribution is 2.22. The Bertz CT molecular complexity index is 1160. The largest absolute Gasteiger partial charge is 0.399 e. The molecular formula is C26H29N5. The molecule has 2 aromatic carbocycles. The van der Waals surface area contributed by atoms with Crippen LogP contribution in [0.25, 0.3) is 16.9 Å². The summed E-state index contributed by atoms with van der Waals surface area (Å²) in [5.74, 6) is 0.832. The van der Waals surface area contributed by atoms with Crippen molar-refractivity contribution in [2.45, 2.75) is 32.1 Å². The van der Waals surface area contributed by atoms with E-state index in [1.807, 2.05) is 34.8 Å². The van der Waals surface area contributed by atoms with Crippen molar-refractivity contribution in [1.29, 1.82) is 0 Å². The van der Waals surface area contributed by atoms with Crippen molar-refractivity contribution in [3.63, 3.8) is 0 Å². The summed E-state index contributed by atoms with van der Waals surface area (Å²) in [6.07, 6.45) is 5.85. The van der Waals surface area contributed by atoms with Gasteiger partial charge in [-0.3, -0.25) is 0 Å². The summed E-state index contributed by atoms with van der Waals surface area (Å²) < 4.78 is 1.91. The molecule has 2 N–H and O–H groups in total. The third-order valence-electron chi connectivity index (χ3n) is 6.11. The zero-order valence-corrected chi connectivity index (χ0v) is 17.9. The molecule has 0 bridgehead atoms. The van der Waals surface area contributed by atoms with Crippen molar-refractivity contribution in [2.24, 2.45) is 0 Å². The number of fused-ring (bicyclic) bond motifs is 1. The fourth-order valence-corrected chi connectivity index (χ4v) is 4.46. The number of hydrogen-bond acceptors (Lipinski definition) is 4. The van der Waals surface area contributed by atoms with Crippen LogP contribution in [0.4, 0.5) is 5.69 Å². The number of likely N-dealkylation sites (tertiary alicyclic amines) is 1. The normalized spacial score (nSPS) is 14.5. The van der Waals surface area contributed by atoms with Crippen LogP contribution in [0.1, 0.15) is 36.2 Å². The number of pyridine rings is 1. The van der Waals surface area contributed by atoms with E-state index in [2.05, 4.69) is 41.3 Å². The second-order valence-electron chi connectivity index (χ2n) is 8.48. The van der Waals surface area contributed by atoms with Gasteiger partial charge in [-0.15, -0.1) is 0 Å². The molecule has 5 rings (SSSR count). The van der Waals surface area contributed by atoms with Gasteiger partial charge in [0.1, 0.15) is 0 Å². The Hall–Kier alpha value is -3.18. The number of aromatic nitrogens is 3. The lowest BCUT2D eigenvalue weighted by atomic mass is 10.1. The molecule has 1 fully saturated rings. The van der Waals surface area contributed by atoms with Gasteiger partial charge in [0.25, 0.3) is 0 Å². The zero-order chi connectivity index (χ0) is 21.0. The maximum Gasteiger partial charge on any atom is 0.156 e. The van der Waals surface area contributed by atoms with E-state index in [9.17, 15) is 0 Å². The zero-order valence-electron chi connectivity index (χ0n) is 17.9. The Morgan fingerprint density at radius 2 is 1.65 bits per heavy atom. The van der Waals surface area contributed by atoms with Gasteiger partial charge >= 0.3 is 0 Å². The van der Waals surface area contributed by atoms with E-state index in [1.165, 1.54) is 50.0 Å². The lowest BCUT2D eigenvalue weighted by molar-refractivity contribution is 0.334. The molecule has 5 heteroatoms. The van der Waals surface area contributed by atoms with Gasteiger partial charge in [-0.1, -0.05) is 42.5 Å². The first-order chi connectivity index (χ1) is 15.2. The SMILES string of the molecule is Nc1cccc(-c2cccc3nc(Cc4ccc(CCCN5CCCC5)cc4)nn23)c1. The fourth-order valence-electron chi connectivity index (χ4n) is 4.46. The van der Waals surface area contributed by atoms with Gasteiger partial charge in [-0.05, 0) is 80.7 Å². The number of rotatable bonds is 7. The molecule has 0 atom stereocenters. The molecule has 31 heavy (non-hydrogen) atoms. The molecule has 0 spiro atoms. The summed E-state index contributed by atoms with van der Waals surface area (Å²) in [4.78, 5) is 7.33. The third kappa shape index (κ3) is 4.62. The van der Waals surface area contributed by atoms with Gasteiger partial charge in [-0.2, -0.15) is 5.10 Å². The molecule has 0 radical (unpaired) electrons. The molecule has 4 aromatic rings. The van der Waals surface area contributed by atoms with Crippen LogP contribution < -0.4 is 5.73 Å². The van der Waals surface area contributed by atoms with E-state index < -0.39 is 0 Å². The van der Waals surface area contributed by atoms with Crippen LogP contribution in [0.2, 0.25) is 0 Å². The molecule has 158 valence electrons. The summed E-state index contributed by atoms with van der Waals surface area (Å²) in [7, 11) is 0. The first-order valence-electron chi connectivity index (χ1n) is 11.3. The lowest BCUT2D eigenvalue weighted by Gasteiger charge is -2.13. The summed E-state index contributed by atoms with van der Waals surface area (Å²) in [5.41, 5.74) is 12.3. The smallest absolute Gasteiger partial charge is 0.156 e. The number of aryl methyl sites for hydroxylation is 1. The van der Waals surface area contributed by atoms with Crippen LogP contribution >= 0.6 is 0 Å². The summed E-state index contributed by atoms with van der Waals surface area (Å²) in [5, 5.41) is 4.79. The fraction of sp³-hybridized carbons (Fsp3) is 0.308. The minimum Gasteiger partial charge on any atom is -0.399 e. The first-order valence-corrected chi connectivity index (χ1v) is 11.3. The molecule has 0 amide bonds. The van der Waals surface area contributed by atoms with Gasteiger partial charge in [0.15, 0.2) is 11.5 Å². The van der Waals surface area contributed by atoms with E-state index in [-0.39, 0.29) is 0 Å². The van der Waals surface area contributed by atoms with Crippen LogP contribution in [0.5, 0.6) is 0 Å². The number of benzene rings is 2. The predicted molar refractivity (Wildman–Crippen MR) is 126 cm³/mol. The summed E-state index contributed by atoms with van der Waals surface area (Å²) in [6, 6.07) is 22.9. The maximum atomic E-state index is 5.97. The van der Waals surface area contributed by atoms with Crippen LogP contribution in [0.3, 0.4) is 0 Å². The van der Waals surface area contributed by atoms with Crippen molar-refractivity contribution < 1.29 is 0 Å². The standard InChI is InChI=1S/C26H29N5/c27-23-8-3-7-22(19-23)24-9-4-10-26-28-25(29-31(24)26)18-21-13-11-20(12-14-21)6-5-17-30-15-1-2-16-30/h3-4,7-14,19H,1-2,5-6,15-18,27H2. The van der Waals surface area contributed by atoms with Crippen LogP contribution in [0, 0.1) is 0 Å². The number of anilines is 1. The maximum absolute atomic E-state index is 5.97. The topological polar surface area (TPSA) is 59.5 Å². The highest BCUT2D eigenvalue weighted by molar-refractivity contribution is 5.66. The Labute approximate surface area is 183 Å². The summed E-state index contributed by atoms with van der Waals surface area (Å²) in [6.45, 7) is 3.79. The highest BCUT2D eigenvalue weighted by atomic mass is 15.3.